The normalized spacial score (nSPS) is 11.9. The van der Waals surface area contributed by atoms with Crippen molar-refractivity contribution in [2.45, 2.75) is 19.6 Å². The maximum atomic E-state index is 12.6. The summed E-state index contributed by atoms with van der Waals surface area (Å²) in [6.45, 7) is 6.46. The molecule has 26 heavy (non-hydrogen) atoms. The zero-order valence-corrected chi connectivity index (χ0v) is 15.5. The Bertz CT molecular complexity index is 651. The van der Waals surface area contributed by atoms with Gasteiger partial charge in [-0.15, -0.1) is 0 Å². The van der Waals surface area contributed by atoms with Gasteiger partial charge in [0.15, 0.2) is 5.96 Å². The maximum absolute atomic E-state index is 12.6. The molecule has 0 saturated heterocycles. The Morgan fingerprint density at radius 2 is 1.77 bits per heavy atom. The SMILES string of the molecule is C=C(C)CNC(=NCC(=O)N(C)C)N(C)Cc1ccc(C(F)(F)F)cc1. The fourth-order valence-electron chi connectivity index (χ4n) is 1.97. The van der Waals surface area contributed by atoms with Gasteiger partial charge in [0.25, 0.3) is 0 Å². The number of rotatable bonds is 6. The average Bonchev–Trinajstić information content (AvgIpc) is 2.53. The minimum Gasteiger partial charge on any atom is -0.353 e. The van der Waals surface area contributed by atoms with E-state index >= 15 is 0 Å². The van der Waals surface area contributed by atoms with Crippen molar-refractivity contribution < 1.29 is 18.0 Å². The Morgan fingerprint density at radius 1 is 1.19 bits per heavy atom. The largest absolute Gasteiger partial charge is 0.416 e. The quantitative estimate of drug-likeness (QED) is 0.476. The summed E-state index contributed by atoms with van der Waals surface area (Å²) in [5.41, 5.74) is 0.901. The van der Waals surface area contributed by atoms with E-state index in [-0.39, 0.29) is 12.5 Å². The lowest BCUT2D eigenvalue weighted by atomic mass is 10.1. The summed E-state index contributed by atoms with van der Waals surface area (Å²) in [7, 11) is 5.04. The lowest BCUT2D eigenvalue weighted by molar-refractivity contribution is -0.137. The molecule has 0 atom stereocenters. The molecule has 1 rings (SSSR count). The third-order valence-corrected chi connectivity index (χ3v) is 3.47. The number of hydrogen-bond acceptors (Lipinski definition) is 2. The van der Waals surface area contributed by atoms with Gasteiger partial charge in [-0.05, 0) is 24.6 Å². The van der Waals surface area contributed by atoms with E-state index in [1.165, 1.54) is 17.0 Å². The van der Waals surface area contributed by atoms with Crippen molar-refractivity contribution in [1.29, 1.82) is 0 Å². The van der Waals surface area contributed by atoms with E-state index in [2.05, 4.69) is 16.9 Å². The molecule has 1 aromatic carbocycles. The second-order valence-electron chi connectivity index (χ2n) is 6.29. The first-order valence-electron chi connectivity index (χ1n) is 8.01. The zero-order valence-electron chi connectivity index (χ0n) is 15.5. The standard InChI is InChI=1S/C18H25F3N4O/c1-13(2)10-22-17(23-11-16(26)24(3)4)25(5)12-14-6-8-15(9-7-14)18(19,20)21/h6-9H,1,10-12H2,2-5H3,(H,22,23). The smallest absolute Gasteiger partial charge is 0.353 e. The summed E-state index contributed by atoms with van der Waals surface area (Å²) in [5.74, 6) is 0.325. The Labute approximate surface area is 152 Å². The van der Waals surface area contributed by atoms with Gasteiger partial charge in [-0.3, -0.25) is 4.79 Å². The van der Waals surface area contributed by atoms with Gasteiger partial charge in [0.05, 0.1) is 5.56 Å². The van der Waals surface area contributed by atoms with Gasteiger partial charge in [-0.2, -0.15) is 13.2 Å². The number of nitrogens with one attached hydrogen (secondary N) is 1. The predicted octanol–water partition coefficient (Wildman–Crippen LogP) is 2.75. The molecule has 1 aromatic rings. The van der Waals surface area contributed by atoms with Crippen LogP contribution in [0, 0.1) is 0 Å². The first-order chi connectivity index (χ1) is 12.0. The molecule has 0 bridgehead atoms. The van der Waals surface area contributed by atoms with Gasteiger partial charge >= 0.3 is 6.18 Å². The number of aliphatic imine (C=N–C) groups is 1. The lowest BCUT2D eigenvalue weighted by Gasteiger charge is -2.23. The third-order valence-electron chi connectivity index (χ3n) is 3.47. The van der Waals surface area contributed by atoms with E-state index in [1.807, 2.05) is 6.92 Å². The van der Waals surface area contributed by atoms with Crippen molar-refractivity contribution in [2.75, 3.05) is 34.2 Å². The second-order valence-corrected chi connectivity index (χ2v) is 6.29. The zero-order chi connectivity index (χ0) is 19.9. The van der Waals surface area contributed by atoms with Crippen LogP contribution in [0.1, 0.15) is 18.1 Å². The summed E-state index contributed by atoms with van der Waals surface area (Å²) in [5, 5.41) is 3.09. The average molecular weight is 370 g/mol. The van der Waals surface area contributed by atoms with Crippen LogP contribution in [-0.2, 0) is 17.5 Å². The molecule has 0 spiro atoms. The maximum Gasteiger partial charge on any atom is 0.416 e. The Kier molecular flexibility index (Phi) is 7.67. The first kappa shape index (κ1) is 21.5. The fourth-order valence-corrected chi connectivity index (χ4v) is 1.97. The number of nitrogens with zero attached hydrogens (tertiary/aromatic N) is 3. The molecule has 0 aromatic heterocycles. The number of hydrogen-bond donors (Lipinski definition) is 1. The first-order valence-corrected chi connectivity index (χ1v) is 8.01. The highest BCUT2D eigenvalue weighted by molar-refractivity contribution is 5.84. The molecule has 1 amide bonds. The van der Waals surface area contributed by atoms with Crippen LogP contribution < -0.4 is 5.32 Å². The molecule has 0 heterocycles. The van der Waals surface area contributed by atoms with Gasteiger partial charge in [-0.25, -0.2) is 4.99 Å². The van der Waals surface area contributed by atoms with Crippen LogP contribution in [0.5, 0.6) is 0 Å². The highest BCUT2D eigenvalue weighted by atomic mass is 19.4. The summed E-state index contributed by atoms with van der Waals surface area (Å²) < 4.78 is 37.9. The van der Waals surface area contributed by atoms with Crippen molar-refractivity contribution in [3.05, 3.63) is 47.5 Å². The predicted molar refractivity (Wildman–Crippen MR) is 96.7 cm³/mol. The second kappa shape index (κ2) is 9.26. The van der Waals surface area contributed by atoms with Crippen LogP contribution in [0.25, 0.3) is 0 Å². The van der Waals surface area contributed by atoms with E-state index < -0.39 is 11.7 Å². The lowest BCUT2D eigenvalue weighted by Crippen LogP contribution is -2.40. The summed E-state index contributed by atoms with van der Waals surface area (Å²) in [6, 6.07) is 4.97. The van der Waals surface area contributed by atoms with Crippen molar-refractivity contribution >= 4 is 11.9 Å². The van der Waals surface area contributed by atoms with E-state index in [9.17, 15) is 18.0 Å². The number of benzene rings is 1. The number of likely N-dealkylation sites (N-methyl/N-ethyl adjacent to an activating group) is 1. The molecule has 0 radical (unpaired) electrons. The number of guanidine groups is 1. The molecule has 0 aliphatic heterocycles. The Hall–Kier alpha value is -2.51. The van der Waals surface area contributed by atoms with Crippen LogP contribution in [0.2, 0.25) is 0 Å². The fraction of sp³-hybridized carbons (Fsp3) is 0.444. The number of carbonyl (C=O) groups excluding carboxylic acids is 1. The summed E-state index contributed by atoms with van der Waals surface area (Å²) in [4.78, 5) is 19.2. The van der Waals surface area contributed by atoms with E-state index in [4.69, 9.17) is 0 Å². The molecule has 5 nitrogen and oxygen atoms in total. The van der Waals surface area contributed by atoms with E-state index in [0.717, 1.165) is 17.7 Å². The van der Waals surface area contributed by atoms with Crippen LogP contribution in [-0.4, -0.2) is 55.9 Å². The molecule has 0 unspecified atom stereocenters. The van der Waals surface area contributed by atoms with Gasteiger partial charge in [0.2, 0.25) is 5.91 Å². The Balaban J connectivity index is 2.86. The molecule has 144 valence electrons. The highest BCUT2D eigenvalue weighted by Gasteiger charge is 2.29. The molecule has 0 saturated carbocycles. The van der Waals surface area contributed by atoms with Crippen molar-refractivity contribution in [1.82, 2.24) is 15.1 Å². The molecule has 8 heteroatoms. The van der Waals surface area contributed by atoms with Gasteiger partial charge in [0, 0.05) is 34.2 Å². The van der Waals surface area contributed by atoms with Crippen molar-refractivity contribution in [3.8, 4) is 0 Å². The minimum atomic E-state index is -4.35. The number of halogens is 3. The van der Waals surface area contributed by atoms with Gasteiger partial charge < -0.3 is 15.1 Å². The molecule has 0 aliphatic carbocycles. The summed E-state index contributed by atoms with van der Waals surface area (Å²) >= 11 is 0. The van der Waals surface area contributed by atoms with Crippen molar-refractivity contribution in [3.63, 3.8) is 0 Å². The molecule has 0 fully saturated rings. The molecular formula is C18H25F3N4O. The number of alkyl halides is 3. The molecule has 0 aliphatic rings. The highest BCUT2D eigenvalue weighted by Crippen LogP contribution is 2.29. The molecule has 1 N–H and O–H groups in total. The number of amides is 1. The van der Waals surface area contributed by atoms with Crippen LogP contribution >= 0.6 is 0 Å². The van der Waals surface area contributed by atoms with E-state index in [0.29, 0.717) is 24.6 Å². The van der Waals surface area contributed by atoms with Crippen LogP contribution in [0.3, 0.4) is 0 Å². The van der Waals surface area contributed by atoms with E-state index in [1.54, 1.807) is 26.0 Å². The van der Waals surface area contributed by atoms with Crippen LogP contribution in [0.15, 0.2) is 41.4 Å². The number of carbonyl (C=O) groups is 1. The third kappa shape index (κ3) is 7.16. The topological polar surface area (TPSA) is 47.9 Å². The molecular weight excluding hydrogens is 345 g/mol. The van der Waals surface area contributed by atoms with Gasteiger partial charge in [-0.1, -0.05) is 24.3 Å². The Morgan fingerprint density at radius 3 is 2.23 bits per heavy atom. The minimum absolute atomic E-state index is 0.0249. The van der Waals surface area contributed by atoms with Crippen LogP contribution in [0.4, 0.5) is 13.2 Å². The monoisotopic (exact) mass is 370 g/mol. The van der Waals surface area contributed by atoms with Gasteiger partial charge in [0.1, 0.15) is 6.54 Å². The summed E-state index contributed by atoms with van der Waals surface area (Å²) in [6.07, 6.45) is -4.35. The van der Waals surface area contributed by atoms with Crippen molar-refractivity contribution in [2.24, 2.45) is 4.99 Å².